The van der Waals surface area contributed by atoms with E-state index < -0.39 is 5.82 Å². The van der Waals surface area contributed by atoms with Crippen LogP contribution in [-0.4, -0.2) is 17.1 Å². The molecule has 0 amide bonds. The number of hydrogen-bond acceptors (Lipinski definition) is 4. The Morgan fingerprint density at radius 2 is 2.28 bits per heavy atom. The number of nitrogen functional groups attached to an aromatic ring is 1. The largest absolute Gasteiger partial charge is 0.494 e. The van der Waals surface area contributed by atoms with Gasteiger partial charge in [0.15, 0.2) is 16.7 Å². The summed E-state index contributed by atoms with van der Waals surface area (Å²) < 4.78 is 18.5. The summed E-state index contributed by atoms with van der Waals surface area (Å²) in [6.07, 6.45) is 1.79. The summed E-state index contributed by atoms with van der Waals surface area (Å²) in [5.41, 5.74) is 7.99. The molecule has 3 rings (SSSR count). The number of nitrogens with zero attached hydrogens (tertiary/aromatic N) is 1. The maximum Gasteiger partial charge on any atom is 0.180 e. The van der Waals surface area contributed by atoms with Crippen molar-refractivity contribution in [1.82, 2.24) is 9.97 Å². The number of benzene rings is 1. The van der Waals surface area contributed by atoms with Crippen molar-refractivity contribution in [2.24, 2.45) is 0 Å². The molecule has 0 fully saturated rings. The number of rotatable bonds is 2. The van der Waals surface area contributed by atoms with E-state index in [1.807, 2.05) is 5.38 Å². The highest BCUT2D eigenvalue weighted by Crippen LogP contribution is 2.33. The molecule has 4 nitrogen and oxygen atoms in total. The predicted octanol–water partition coefficient (Wildman–Crippen LogP) is 3.02. The van der Waals surface area contributed by atoms with E-state index in [2.05, 4.69) is 9.97 Å². The second kappa shape index (κ2) is 3.99. The van der Waals surface area contributed by atoms with Crippen LogP contribution in [0.15, 0.2) is 23.7 Å². The summed E-state index contributed by atoms with van der Waals surface area (Å²) in [4.78, 5) is 7.24. The van der Waals surface area contributed by atoms with Crippen molar-refractivity contribution in [1.29, 1.82) is 0 Å². The number of thiazole rings is 1. The number of methoxy groups -OCH3 is 1. The van der Waals surface area contributed by atoms with Crippen molar-refractivity contribution in [2.45, 2.75) is 0 Å². The van der Waals surface area contributed by atoms with E-state index in [1.54, 1.807) is 12.3 Å². The molecule has 3 N–H and O–H groups in total. The zero-order valence-corrected chi connectivity index (χ0v) is 10.3. The van der Waals surface area contributed by atoms with Crippen molar-refractivity contribution in [3.63, 3.8) is 0 Å². The average Bonchev–Trinajstić information content (AvgIpc) is 2.93. The van der Waals surface area contributed by atoms with Gasteiger partial charge in [0.1, 0.15) is 0 Å². The first kappa shape index (κ1) is 11.0. The monoisotopic (exact) mass is 263 g/mol. The van der Waals surface area contributed by atoms with Crippen LogP contribution in [0.1, 0.15) is 0 Å². The third-order valence-corrected chi connectivity index (χ3v) is 3.43. The number of nitrogens with one attached hydrogen (secondary N) is 1. The Morgan fingerprint density at radius 1 is 1.44 bits per heavy atom. The molecule has 0 saturated heterocycles. The Hall–Kier alpha value is -2.08. The first-order valence-electron chi connectivity index (χ1n) is 5.25. The summed E-state index contributed by atoms with van der Waals surface area (Å²) in [5.74, 6) is -0.178. The lowest BCUT2D eigenvalue weighted by atomic mass is 10.1. The SMILES string of the molecule is COc1cc2c(-c3csc(N)n3)c[nH]c2cc1F. The van der Waals surface area contributed by atoms with Gasteiger partial charge >= 0.3 is 0 Å². The zero-order valence-electron chi connectivity index (χ0n) is 9.53. The predicted molar refractivity (Wildman–Crippen MR) is 70.3 cm³/mol. The van der Waals surface area contributed by atoms with Crippen LogP contribution in [-0.2, 0) is 0 Å². The topological polar surface area (TPSA) is 63.9 Å². The van der Waals surface area contributed by atoms with Crippen molar-refractivity contribution in [3.8, 4) is 17.0 Å². The van der Waals surface area contributed by atoms with Gasteiger partial charge in [-0.2, -0.15) is 0 Å². The molecule has 3 aromatic rings. The molecule has 0 aliphatic carbocycles. The maximum absolute atomic E-state index is 13.6. The maximum atomic E-state index is 13.6. The Bertz CT molecular complexity index is 719. The highest BCUT2D eigenvalue weighted by Gasteiger charge is 2.12. The fraction of sp³-hybridized carbons (Fsp3) is 0.0833. The number of halogens is 1. The average molecular weight is 263 g/mol. The number of H-pyrrole nitrogens is 1. The second-order valence-electron chi connectivity index (χ2n) is 3.81. The number of nitrogens with two attached hydrogens (primary N) is 1. The quantitative estimate of drug-likeness (QED) is 0.747. The minimum Gasteiger partial charge on any atom is -0.494 e. The van der Waals surface area contributed by atoms with Crippen LogP contribution in [0.25, 0.3) is 22.2 Å². The normalized spacial score (nSPS) is 11.0. The van der Waals surface area contributed by atoms with Crippen LogP contribution < -0.4 is 10.5 Å². The standard InChI is InChI=1S/C12H10FN3OS/c1-17-11-2-6-7(10-5-18-12(14)16-10)4-15-9(6)3-8(11)13/h2-5,15H,1H3,(H2,14,16). The van der Waals surface area contributed by atoms with Gasteiger partial charge in [0.05, 0.1) is 12.8 Å². The minimum absolute atomic E-state index is 0.214. The van der Waals surface area contributed by atoms with Crippen LogP contribution in [0.2, 0.25) is 0 Å². The van der Waals surface area contributed by atoms with Crippen molar-refractivity contribution in [3.05, 3.63) is 29.5 Å². The van der Waals surface area contributed by atoms with E-state index in [-0.39, 0.29) is 5.75 Å². The number of fused-ring (bicyclic) bond motifs is 1. The molecule has 0 aliphatic rings. The fourth-order valence-corrected chi connectivity index (χ4v) is 2.47. The van der Waals surface area contributed by atoms with Gasteiger partial charge in [-0.25, -0.2) is 9.37 Å². The molecule has 0 saturated carbocycles. The number of anilines is 1. The third-order valence-electron chi connectivity index (χ3n) is 2.75. The number of ether oxygens (including phenoxy) is 1. The van der Waals surface area contributed by atoms with Crippen LogP contribution in [0.5, 0.6) is 5.75 Å². The molecule has 2 heterocycles. The smallest absolute Gasteiger partial charge is 0.180 e. The zero-order chi connectivity index (χ0) is 12.7. The molecular formula is C12H10FN3OS. The van der Waals surface area contributed by atoms with Gasteiger partial charge in [-0.15, -0.1) is 11.3 Å². The molecule has 0 radical (unpaired) electrons. The van der Waals surface area contributed by atoms with Crippen LogP contribution in [0.4, 0.5) is 9.52 Å². The summed E-state index contributed by atoms with van der Waals surface area (Å²) in [6, 6.07) is 3.07. The third kappa shape index (κ3) is 1.62. The van der Waals surface area contributed by atoms with Crippen molar-refractivity contribution < 1.29 is 9.13 Å². The number of aromatic nitrogens is 2. The molecule has 92 valence electrons. The first-order valence-corrected chi connectivity index (χ1v) is 6.13. The van der Waals surface area contributed by atoms with Gasteiger partial charge in [0.25, 0.3) is 0 Å². The van der Waals surface area contributed by atoms with E-state index in [9.17, 15) is 4.39 Å². The van der Waals surface area contributed by atoms with E-state index in [0.717, 1.165) is 16.6 Å². The van der Waals surface area contributed by atoms with Gasteiger partial charge in [0.2, 0.25) is 0 Å². The molecule has 6 heteroatoms. The molecule has 2 aromatic heterocycles. The van der Waals surface area contributed by atoms with Crippen LogP contribution in [0.3, 0.4) is 0 Å². The number of aromatic amines is 1. The van der Waals surface area contributed by atoms with E-state index in [0.29, 0.717) is 10.6 Å². The lowest BCUT2D eigenvalue weighted by molar-refractivity contribution is 0.387. The highest BCUT2D eigenvalue weighted by molar-refractivity contribution is 7.13. The van der Waals surface area contributed by atoms with Gasteiger partial charge < -0.3 is 15.5 Å². The summed E-state index contributed by atoms with van der Waals surface area (Å²) in [7, 11) is 1.44. The van der Waals surface area contributed by atoms with Gasteiger partial charge in [-0.1, -0.05) is 0 Å². The fourth-order valence-electron chi connectivity index (χ4n) is 1.90. The summed E-state index contributed by atoms with van der Waals surface area (Å²) in [5, 5.41) is 3.24. The summed E-state index contributed by atoms with van der Waals surface area (Å²) >= 11 is 1.37. The lowest BCUT2D eigenvalue weighted by Gasteiger charge is -2.02. The second-order valence-corrected chi connectivity index (χ2v) is 4.70. The molecule has 0 atom stereocenters. The van der Waals surface area contributed by atoms with Crippen LogP contribution >= 0.6 is 11.3 Å². The van der Waals surface area contributed by atoms with Crippen LogP contribution in [0, 0.1) is 5.82 Å². The molecule has 0 bridgehead atoms. The van der Waals surface area contributed by atoms with Gasteiger partial charge in [-0.05, 0) is 6.07 Å². The Balaban J connectivity index is 2.25. The Kier molecular flexibility index (Phi) is 2.45. The Labute approximate surface area is 106 Å². The number of hydrogen-bond donors (Lipinski definition) is 2. The molecule has 1 aromatic carbocycles. The van der Waals surface area contributed by atoms with Crippen molar-refractivity contribution >= 4 is 27.4 Å². The highest BCUT2D eigenvalue weighted by atomic mass is 32.1. The van der Waals surface area contributed by atoms with Crippen molar-refractivity contribution in [2.75, 3.05) is 12.8 Å². The Morgan fingerprint density at radius 3 is 2.94 bits per heavy atom. The minimum atomic E-state index is -0.392. The summed E-state index contributed by atoms with van der Waals surface area (Å²) in [6.45, 7) is 0. The molecule has 0 spiro atoms. The first-order chi connectivity index (χ1) is 8.69. The van der Waals surface area contributed by atoms with E-state index in [1.165, 1.54) is 24.5 Å². The molecule has 0 aliphatic heterocycles. The lowest BCUT2D eigenvalue weighted by Crippen LogP contribution is -1.88. The van der Waals surface area contributed by atoms with Gasteiger partial charge in [0, 0.05) is 34.1 Å². The van der Waals surface area contributed by atoms with E-state index in [4.69, 9.17) is 10.5 Å². The molecule has 18 heavy (non-hydrogen) atoms. The van der Waals surface area contributed by atoms with Gasteiger partial charge in [-0.3, -0.25) is 0 Å². The molecule has 0 unspecified atom stereocenters. The molecular weight excluding hydrogens is 253 g/mol. The van der Waals surface area contributed by atoms with E-state index >= 15 is 0 Å².